The molecule has 122 valence electrons. The van der Waals surface area contributed by atoms with Crippen molar-refractivity contribution in [3.8, 4) is 11.5 Å². The summed E-state index contributed by atoms with van der Waals surface area (Å²) in [6.07, 6.45) is 0.769. The first-order chi connectivity index (χ1) is 10.1. The standard InChI is InChI=1S/C14H19N3O4.ClH/c1-20-11-5-9(13(15)18)10(6-12(11)21-2)17-14(19)8-3-4-16-7-8;/h5-6,8,16H,3-4,7H2,1-2H3,(H2,15,18)(H,17,19);1H. The van der Waals surface area contributed by atoms with Gasteiger partial charge in [0.25, 0.3) is 5.91 Å². The molecule has 4 N–H and O–H groups in total. The van der Waals surface area contributed by atoms with Crippen LogP contribution in [0.25, 0.3) is 0 Å². The molecule has 2 amide bonds. The number of carbonyl (C=O) groups is 2. The first-order valence-corrected chi connectivity index (χ1v) is 6.64. The lowest BCUT2D eigenvalue weighted by molar-refractivity contribution is -0.119. The molecular formula is C14H20ClN3O4. The third kappa shape index (κ3) is 3.80. The van der Waals surface area contributed by atoms with Crippen LogP contribution in [0.2, 0.25) is 0 Å². The minimum atomic E-state index is -0.643. The van der Waals surface area contributed by atoms with Gasteiger partial charge in [-0.2, -0.15) is 0 Å². The average molecular weight is 330 g/mol. The molecule has 1 aliphatic heterocycles. The highest BCUT2D eigenvalue weighted by atomic mass is 35.5. The number of hydrogen-bond acceptors (Lipinski definition) is 5. The molecule has 8 heteroatoms. The molecule has 0 spiro atoms. The Labute approximate surface area is 134 Å². The van der Waals surface area contributed by atoms with Crippen LogP contribution < -0.4 is 25.8 Å². The van der Waals surface area contributed by atoms with Gasteiger partial charge in [0.05, 0.1) is 31.4 Å². The van der Waals surface area contributed by atoms with Gasteiger partial charge in [0.1, 0.15) is 0 Å². The van der Waals surface area contributed by atoms with Gasteiger partial charge in [0.2, 0.25) is 5.91 Å². The summed E-state index contributed by atoms with van der Waals surface area (Å²) in [5, 5.41) is 5.86. The number of carbonyl (C=O) groups excluding carboxylic acids is 2. The fourth-order valence-electron chi connectivity index (χ4n) is 2.30. The number of hydrogen-bond donors (Lipinski definition) is 3. The highest BCUT2D eigenvalue weighted by Gasteiger charge is 2.24. The van der Waals surface area contributed by atoms with Gasteiger partial charge in [-0.15, -0.1) is 12.4 Å². The van der Waals surface area contributed by atoms with Crippen LogP contribution >= 0.6 is 12.4 Å². The lowest BCUT2D eigenvalue weighted by Gasteiger charge is -2.15. The van der Waals surface area contributed by atoms with Crippen molar-refractivity contribution in [1.82, 2.24) is 5.32 Å². The number of methoxy groups -OCH3 is 2. The Hall–Kier alpha value is -1.99. The number of benzene rings is 1. The van der Waals surface area contributed by atoms with E-state index in [0.717, 1.165) is 13.0 Å². The van der Waals surface area contributed by atoms with E-state index in [9.17, 15) is 9.59 Å². The number of nitrogens with one attached hydrogen (secondary N) is 2. The van der Waals surface area contributed by atoms with E-state index in [1.807, 2.05) is 0 Å². The van der Waals surface area contributed by atoms with Crippen molar-refractivity contribution in [2.24, 2.45) is 11.7 Å². The van der Waals surface area contributed by atoms with E-state index in [0.29, 0.717) is 23.7 Å². The Morgan fingerprint density at radius 3 is 2.41 bits per heavy atom. The third-order valence-corrected chi connectivity index (χ3v) is 3.48. The summed E-state index contributed by atoms with van der Waals surface area (Å²) in [7, 11) is 2.94. The van der Waals surface area contributed by atoms with Crippen molar-refractivity contribution < 1.29 is 19.1 Å². The number of nitrogens with two attached hydrogens (primary N) is 1. The van der Waals surface area contributed by atoms with Gasteiger partial charge >= 0.3 is 0 Å². The zero-order valence-electron chi connectivity index (χ0n) is 12.5. The number of anilines is 1. The number of halogens is 1. The molecule has 1 aromatic carbocycles. The molecule has 22 heavy (non-hydrogen) atoms. The first-order valence-electron chi connectivity index (χ1n) is 6.64. The maximum Gasteiger partial charge on any atom is 0.250 e. The lowest BCUT2D eigenvalue weighted by Crippen LogP contribution is -2.26. The van der Waals surface area contributed by atoms with Gasteiger partial charge in [0, 0.05) is 12.6 Å². The molecule has 1 saturated heterocycles. The van der Waals surface area contributed by atoms with E-state index in [4.69, 9.17) is 15.2 Å². The largest absolute Gasteiger partial charge is 0.493 e. The summed E-state index contributed by atoms with van der Waals surface area (Å²) in [6.45, 7) is 1.44. The zero-order valence-corrected chi connectivity index (χ0v) is 13.3. The van der Waals surface area contributed by atoms with Crippen LogP contribution in [0.5, 0.6) is 11.5 Å². The molecule has 1 aromatic rings. The molecule has 0 bridgehead atoms. The van der Waals surface area contributed by atoms with Gasteiger partial charge in [0.15, 0.2) is 11.5 Å². The van der Waals surface area contributed by atoms with Gasteiger partial charge in [-0.05, 0) is 19.0 Å². The Bertz CT molecular complexity index is 559. The fourth-order valence-corrected chi connectivity index (χ4v) is 2.30. The van der Waals surface area contributed by atoms with Gasteiger partial charge in [-0.3, -0.25) is 9.59 Å². The van der Waals surface area contributed by atoms with Crippen molar-refractivity contribution in [1.29, 1.82) is 0 Å². The molecule has 1 heterocycles. The third-order valence-electron chi connectivity index (χ3n) is 3.48. The number of amides is 2. The molecule has 0 saturated carbocycles. The minimum Gasteiger partial charge on any atom is -0.493 e. The molecule has 1 fully saturated rings. The van der Waals surface area contributed by atoms with Crippen LogP contribution in [0.15, 0.2) is 12.1 Å². The first kappa shape index (κ1) is 18.1. The van der Waals surface area contributed by atoms with E-state index in [1.165, 1.54) is 20.3 Å². The topological polar surface area (TPSA) is 103 Å². The van der Waals surface area contributed by atoms with E-state index < -0.39 is 5.91 Å². The predicted octanol–water partition coefficient (Wildman–Crippen LogP) is 0.773. The molecule has 1 aliphatic rings. The van der Waals surface area contributed by atoms with E-state index >= 15 is 0 Å². The molecule has 0 aliphatic carbocycles. The molecule has 0 aromatic heterocycles. The van der Waals surface area contributed by atoms with Gasteiger partial charge in [-0.25, -0.2) is 0 Å². The molecule has 1 atom stereocenters. The average Bonchev–Trinajstić information content (AvgIpc) is 3.00. The summed E-state index contributed by atoms with van der Waals surface area (Å²) in [4.78, 5) is 23.7. The second-order valence-electron chi connectivity index (χ2n) is 4.80. The number of ether oxygens (including phenoxy) is 2. The zero-order chi connectivity index (χ0) is 15.4. The van der Waals surface area contributed by atoms with E-state index in [1.54, 1.807) is 6.07 Å². The SMILES string of the molecule is COc1cc(NC(=O)C2CCNC2)c(C(N)=O)cc1OC.Cl. The monoisotopic (exact) mass is 329 g/mol. The summed E-state index contributed by atoms with van der Waals surface area (Å²) >= 11 is 0. The van der Waals surface area contributed by atoms with Crippen LogP contribution in [0.1, 0.15) is 16.8 Å². The Balaban J connectivity index is 0.00000242. The van der Waals surface area contributed by atoms with Crippen molar-refractivity contribution >= 4 is 29.9 Å². The number of primary amides is 1. The molecule has 2 rings (SSSR count). The van der Waals surface area contributed by atoms with Crippen LogP contribution in [-0.2, 0) is 4.79 Å². The Morgan fingerprint density at radius 1 is 1.27 bits per heavy atom. The van der Waals surface area contributed by atoms with Crippen LogP contribution in [0, 0.1) is 5.92 Å². The Kier molecular flexibility index (Phi) is 6.45. The van der Waals surface area contributed by atoms with Crippen molar-refractivity contribution in [3.63, 3.8) is 0 Å². The molecule has 1 unspecified atom stereocenters. The Morgan fingerprint density at radius 2 is 1.91 bits per heavy atom. The molecule has 0 radical (unpaired) electrons. The van der Waals surface area contributed by atoms with Crippen LogP contribution in [-0.4, -0.2) is 39.1 Å². The highest BCUT2D eigenvalue weighted by Crippen LogP contribution is 2.33. The summed E-state index contributed by atoms with van der Waals surface area (Å²) in [6, 6.07) is 3.00. The van der Waals surface area contributed by atoms with Crippen molar-refractivity contribution in [2.75, 3.05) is 32.6 Å². The number of rotatable bonds is 5. The van der Waals surface area contributed by atoms with Gasteiger partial charge < -0.3 is 25.8 Å². The van der Waals surface area contributed by atoms with Crippen molar-refractivity contribution in [3.05, 3.63) is 17.7 Å². The highest BCUT2D eigenvalue weighted by molar-refractivity contribution is 6.04. The minimum absolute atomic E-state index is 0. The smallest absolute Gasteiger partial charge is 0.250 e. The predicted molar refractivity (Wildman–Crippen MR) is 84.9 cm³/mol. The maximum absolute atomic E-state index is 12.2. The second-order valence-corrected chi connectivity index (χ2v) is 4.80. The molecule has 7 nitrogen and oxygen atoms in total. The lowest BCUT2D eigenvalue weighted by atomic mass is 10.1. The summed E-state index contributed by atoms with van der Waals surface area (Å²) in [5.74, 6) is -0.0986. The summed E-state index contributed by atoms with van der Waals surface area (Å²) < 4.78 is 10.3. The quantitative estimate of drug-likeness (QED) is 0.740. The van der Waals surface area contributed by atoms with E-state index in [2.05, 4.69) is 10.6 Å². The normalized spacial score (nSPS) is 16.5. The molecular weight excluding hydrogens is 310 g/mol. The van der Waals surface area contributed by atoms with Crippen LogP contribution in [0.4, 0.5) is 5.69 Å². The second kappa shape index (κ2) is 7.86. The van der Waals surface area contributed by atoms with Crippen molar-refractivity contribution in [2.45, 2.75) is 6.42 Å². The van der Waals surface area contributed by atoms with Gasteiger partial charge in [-0.1, -0.05) is 0 Å². The van der Waals surface area contributed by atoms with E-state index in [-0.39, 0.29) is 29.8 Å². The maximum atomic E-state index is 12.2. The van der Waals surface area contributed by atoms with Crippen LogP contribution in [0.3, 0.4) is 0 Å². The summed E-state index contributed by atoms with van der Waals surface area (Å²) in [5.41, 5.74) is 5.88. The fraction of sp³-hybridized carbons (Fsp3) is 0.429.